The van der Waals surface area contributed by atoms with Crippen LogP contribution in [-0.4, -0.2) is 29.8 Å². The van der Waals surface area contributed by atoms with Crippen molar-refractivity contribution in [1.82, 2.24) is 4.90 Å². The minimum absolute atomic E-state index is 0.0329. The monoisotopic (exact) mass is 296 g/mol. The van der Waals surface area contributed by atoms with Crippen LogP contribution in [-0.2, 0) is 6.42 Å². The third-order valence-corrected chi connectivity index (χ3v) is 3.60. The average Bonchev–Trinajstić information content (AvgIpc) is 2.56. The second-order valence-corrected chi connectivity index (χ2v) is 5.06. The van der Waals surface area contributed by atoms with Gasteiger partial charge in [-0.2, -0.15) is 0 Å². The number of benzene rings is 2. The first kappa shape index (κ1) is 15.8. The molecule has 0 heterocycles. The normalized spacial score (nSPS) is 10.2. The highest BCUT2D eigenvalue weighted by Gasteiger charge is 2.14. The van der Waals surface area contributed by atoms with Gasteiger partial charge in [0.05, 0.1) is 0 Å². The molecule has 4 nitrogen and oxygen atoms in total. The molecular formula is C18H20N2O2. The summed E-state index contributed by atoms with van der Waals surface area (Å²) in [5.41, 5.74) is 7.39. The fourth-order valence-corrected chi connectivity index (χ4v) is 2.27. The maximum absolute atomic E-state index is 12.5. The van der Waals surface area contributed by atoms with Crippen LogP contribution in [0, 0.1) is 0 Å². The van der Waals surface area contributed by atoms with E-state index in [1.54, 1.807) is 29.2 Å². The van der Waals surface area contributed by atoms with E-state index in [0.717, 1.165) is 6.42 Å². The minimum Gasteiger partial charge on any atom is -0.366 e. The number of nitrogens with zero attached hydrogens (tertiary/aromatic N) is 1. The van der Waals surface area contributed by atoms with Crippen LogP contribution in [0.5, 0.6) is 0 Å². The van der Waals surface area contributed by atoms with E-state index >= 15 is 0 Å². The molecule has 0 atom stereocenters. The summed E-state index contributed by atoms with van der Waals surface area (Å²) < 4.78 is 0. The Balaban J connectivity index is 2.03. The third kappa shape index (κ3) is 3.95. The van der Waals surface area contributed by atoms with Crippen LogP contribution in [0.25, 0.3) is 0 Å². The fourth-order valence-electron chi connectivity index (χ4n) is 2.27. The number of hydrogen-bond acceptors (Lipinski definition) is 2. The van der Waals surface area contributed by atoms with Crippen LogP contribution >= 0.6 is 0 Å². The first-order valence-electron chi connectivity index (χ1n) is 7.35. The average molecular weight is 296 g/mol. The second kappa shape index (κ2) is 7.41. The van der Waals surface area contributed by atoms with Crippen molar-refractivity contribution in [3.05, 3.63) is 71.3 Å². The van der Waals surface area contributed by atoms with Crippen molar-refractivity contribution in [3.63, 3.8) is 0 Å². The molecule has 4 heteroatoms. The van der Waals surface area contributed by atoms with E-state index in [2.05, 4.69) is 12.1 Å². The van der Waals surface area contributed by atoms with Crippen LogP contribution in [0.1, 0.15) is 33.2 Å². The Hall–Kier alpha value is -2.62. The van der Waals surface area contributed by atoms with Gasteiger partial charge in [0, 0.05) is 24.2 Å². The quantitative estimate of drug-likeness (QED) is 0.890. The molecule has 0 aliphatic carbocycles. The number of primary amides is 1. The molecule has 2 aromatic rings. The number of carbonyl (C=O) groups is 2. The molecule has 0 bridgehead atoms. The summed E-state index contributed by atoms with van der Waals surface area (Å²) in [6.07, 6.45) is 0.819. The van der Waals surface area contributed by atoms with E-state index < -0.39 is 5.91 Å². The highest BCUT2D eigenvalue weighted by molar-refractivity contribution is 5.97. The summed E-state index contributed by atoms with van der Waals surface area (Å²) in [4.78, 5) is 25.3. The minimum atomic E-state index is -0.490. The van der Waals surface area contributed by atoms with Gasteiger partial charge in [-0.15, -0.1) is 0 Å². The molecule has 0 fully saturated rings. The first-order chi connectivity index (χ1) is 10.6. The number of hydrogen-bond donors (Lipinski definition) is 1. The number of carbonyl (C=O) groups excluding carboxylic acids is 2. The molecule has 0 aliphatic rings. The van der Waals surface area contributed by atoms with Crippen LogP contribution < -0.4 is 5.73 Å². The molecule has 2 N–H and O–H groups in total. The lowest BCUT2D eigenvalue weighted by Gasteiger charge is -2.21. The lowest BCUT2D eigenvalue weighted by Crippen LogP contribution is -2.32. The van der Waals surface area contributed by atoms with Crippen LogP contribution in [0.2, 0.25) is 0 Å². The number of nitrogens with two attached hydrogens (primary N) is 1. The molecule has 0 unspecified atom stereocenters. The Labute approximate surface area is 130 Å². The summed E-state index contributed by atoms with van der Waals surface area (Å²) in [6.45, 7) is 3.26. The predicted octanol–water partition coefficient (Wildman–Crippen LogP) is 2.49. The summed E-state index contributed by atoms with van der Waals surface area (Å²) >= 11 is 0. The van der Waals surface area contributed by atoms with Crippen LogP contribution in [0.3, 0.4) is 0 Å². The number of amides is 2. The first-order valence-corrected chi connectivity index (χ1v) is 7.35. The zero-order valence-corrected chi connectivity index (χ0v) is 12.7. The van der Waals surface area contributed by atoms with Crippen molar-refractivity contribution in [1.29, 1.82) is 0 Å². The molecule has 0 spiro atoms. The molecule has 0 aromatic heterocycles. The van der Waals surface area contributed by atoms with Crippen molar-refractivity contribution in [3.8, 4) is 0 Å². The lowest BCUT2D eigenvalue weighted by molar-refractivity contribution is 0.0765. The second-order valence-electron chi connectivity index (χ2n) is 5.06. The molecule has 0 aliphatic heterocycles. The Morgan fingerprint density at radius 3 is 2.09 bits per heavy atom. The van der Waals surface area contributed by atoms with E-state index in [1.165, 1.54) is 5.56 Å². The van der Waals surface area contributed by atoms with Gasteiger partial charge in [0.15, 0.2) is 0 Å². The molecule has 0 saturated heterocycles. The maximum Gasteiger partial charge on any atom is 0.253 e. The van der Waals surface area contributed by atoms with Gasteiger partial charge in [-0.25, -0.2) is 0 Å². The van der Waals surface area contributed by atoms with Gasteiger partial charge in [-0.1, -0.05) is 30.3 Å². The van der Waals surface area contributed by atoms with Crippen LogP contribution in [0.15, 0.2) is 54.6 Å². The summed E-state index contributed by atoms with van der Waals surface area (Å²) in [5.74, 6) is -0.523. The lowest BCUT2D eigenvalue weighted by atomic mass is 10.1. The van der Waals surface area contributed by atoms with E-state index in [4.69, 9.17) is 5.73 Å². The molecule has 2 aromatic carbocycles. The van der Waals surface area contributed by atoms with E-state index in [1.807, 2.05) is 25.1 Å². The number of rotatable bonds is 6. The van der Waals surface area contributed by atoms with Crippen molar-refractivity contribution in [2.45, 2.75) is 13.3 Å². The van der Waals surface area contributed by atoms with E-state index in [-0.39, 0.29) is 5.91 Å². The van der Waals surface area contributed by atoms with Gasteiger partial charge >= 0.3 is 0 Å². The SMILES string of the molecule is CCN(CCc1ccccc1)C(=O)c1ccc(C(N)=O)cc1. The van der Waals surface area contributed by atoms with Crippen molar-refractivity contribution >= 4 is 11.8 Å². The van der Waals surface area contributed by atoms with Gasteiger partial charge in [-0.3, -0.25) is 9.59 Å². The predicted molar refractivity (Wildman–Crippen MR) is 86.7 cm³/mol. The number of likely N-dealkylation sites (N-methyl/N-ethyl adjacent to an activating group) is 1. The highest BCUT2D eigenvalue weighted by Crippen LogP contribution is 2.09. The Bertz CT molecular complexity index is 636. The van der Waals surface area contributed by atoms with Crippen molar-refractivity contribution in [2.24, 2.45) is 5.73 Å². The van der Waals surface area contributed by atoms with Gasteiger partial charge in [0.25, 0.3) is 5.91 Å². The molecular weight excluding hydrogens is 276 g/mol. The van der Waals surface area contributed by atoms with Crippen molar-refractivity contribution in [2.75, 3.05) is 13.1 Å². The molecule has 22 heavy (non-hydrogen) atoms. The van der Waals surface area contributed by atoms with Gasteiger partial charge < -0.3 is 10.6 Å². The Morgan fingerprint density at radius 2 is 1.55 bits per heavy atom. The fraction of sp³-hybridized carbons (Fsp3) is 0.222. The van der Waals surface area contributed by atoms with Gasteiger partial charge in [-0.05, 0) is 43.2 Å². The van der Waals surface area contributed by atoms with E-state index in [9.17, 15) is 9.59 Å². The topological polar surface area (TPSA) is 63.4 Å². The van der Waals surface area contributed by atoms with Gasteiger partial charge in [0.1, 0.15) is 0 Å². The molecule has 0 radical (unpaired) electrons. The zero-order chi connectivity index (χ0) is 15.9. The molecule has 2 rings (SSSR count). The zero-order valence-electron chi connectivity index (χ0n) is 12.7. The maximum atomic E-state index is 12.5. The molecule has 114 valence electrons. The molecule has 0 saturated carbocycles. The highest BCUT2D eigenvalue weighted by atomic mass is 16.2. The standard InChI is InChI=1S/C18H20N2O2/c1-2-20(13-12-14-6-4-3-5-7-14)18(22)16-10-8-15(9-11-16)17(19)21/h3-11H,2,12-13H2,1H3,(H2,19,21). The Morgan fingerprint density at radius 1 is 0.955 bits per heavy atom. The summed E-state index contributed by atoms with van der Waals surface area (Å²) in [6, 6.07) is 16.5. The van der Waals surface area contributed by atoms with E-state index in [0.29, 0.717) is 24.2 Å². The smallest absolute Gasteiger partial charge is 0.253 e. The molecule has 2 amide bonds. The van der Waals surface area contributed by atoms with Crippen LogP contribution in [0.4, 0.5) is 0 Å². The summed E-state index contributed by atoms with van der Waals surface area (Å²) in [7, 11) is 0. The third-order valence-electron chi connectivity index (χ3n) is 3.60. The van der Waals surface area contributed by atoms with Gasteiger partial charge in [0.2, 0.25) is 5.91 Å². The summed E-state index contributed by atoms with van der Waals surface area (Å²) in [5, 5.41) is 0. The van der Waals surface area contributed by atoms with Crippen molar-refractivity contribution < 1.29 is 9.59 Å². The Kier molecular flexibility index (Phi) is 5.31. The largest absolute Gasteiger partial charge is 0.366 e.